The molecule has 0 fully saturated rings. The van der Waals surface area contributed by atoms with E-state index in [1.807, 2.05) is 48.5 Å². The SMILES string of the molecule is COc1ccccc1-c1nnc(SCc2nnc(-c3cccc(Br)c3)o2)n1N. The molecule has 4 rings (SSSR count). The maximum absolute atomic E-state index is 6.18. The summed E-state index contributed by atoms with van der Waals surface area (Å²) in [5, 5.41) is 17.1. The zero-order valence-electron chi connectivity index (χ0n) is 14.7. The summed E-state index contributed by atoms with van der Waals surface area (Å²) in [4.78, 5) is 0. The molecule has 0 aliphatic carbocycles. The van der Waals surface area contributed by atoms with E-state index in [2.05, 4.69) is 36.3 Å². The van der Waals surface area contributed by atoms with Crippen LogP contribution >= 0.6 is 27.7 Å². The Balaban J connectivity index is 1.50. The fourth-order valence-electron chi connectivity index (χ4n) is 2.56. The van der Waals surface area contributed by atoms with Crippen LogP contribution in [0.15, 0.2) is 62.6 Å². The van der Waals surface area contributed by atoms with Crippen LogP contribution in [0.1, 0.15) is 5.89 Å². The molecule has 142 valence electrons. The van der Waals surface area contributed by atoms with E-state index in [9.17, 15) is 0 Å². The number of ether oxygens (including phenoxy) is 1. The van der Waals surface area contributed by atoms with Gasteiger partial charge in [-0.2, -0.15) is 0 Å². The number of nitrogens with two attached hydrogens (primary N) is 1. The molecule has 0 bridgehead atoms. The predicted octanol–water partition coefficient (Wildman–Crippen LogP) is 3.77. The van der Waals surface area contributed by atoms with Crippen LogP contribution in [-0.2, 0) is 5.75 Å². The second kappa shape index (κ2) is 8.03. The van der Waals surface area contributed by atoms with E-state index >= 15 is 0 Å². The van der Waals surface area contributed by atoms with Crippen LogP contribution in [0.25, 0.3) is 22.8 Å². The van der Waals surface area contributed by atoms with E-state index in [4.69, 9.17) is 15.0 Å². The molecule has 0 saturated carbocycles. The first kappa shape index (κ1) is 18.5. The predicted molar refractivity (Wildman–Crippen MR) is 109 cm³/mol. The summed E-state index contributed by atoms with van der Waals surface area (Å²) in [6.45, 7) is 0. The Kier molecular flexibility index (Phi) is 5.31. The van der Waals surface area contributed by atoms with Crippen molar-refractivity contribution in [3.8, 4) is 28.6 Å². The van der Waals surface area contributed by atoms with Crippen LogP contribution < -0.4 is 10.6 Å². The number of halogens is 1. The number of thioether (sulfide) groups is 1. The highest BCUT2D eigenvalue weighted by atomic mass is 79.9. The fourth-order valence-corrected chi connectivity index (χ4v) is 3.66. The minimum atomic E-state index is 0.419. The summed E-state index contributed by atoms with van der Waals surface area (Å²) in [6, 6.07) is 15.2. The summed E-state index contributed by atoms with van der Waals surface area (Å²) in [6.07, 6.45) is 0. The molecule has 0 atom stereocenters. The van der Waals surface area contributed by atoms with Crippen molar-refractivity contribution < 1.29 is 9.15 Å². The lowest BCUT2D eigenvalue weighted by Gasteiger charge is -2.07. The molecule has 0 radical (unpaired) electrons. The van der Waals surface area contributed by atoms with Crippen molar-refractivity contribution in [3.05, 3.63) is 58.9 Å². The van der Waals surface area contributed by atoms with Gasteiger partial charge in [0.15, 0.2) is 5.82 Å². The number of aromatic nitrogens is 5. The van der Waals surface area contributed by atoms with Crippen molar-refractivity contribution in [1.29, 1.82) is 0 Å². The van der Waals surface area contributed by atoms with Crippen LogP contribution in [0.3, 0.4) is 0 Å². The van der Waals surface area contributed by atoms with Crippen LogP contribution in [0.4, 0.5) is 0 Å². The third-order valence-electron chi connectivity index (χ3n) is 3.88. The topological polar surface area (TPSA) is 105 Å². The minimum absolute atomic E-state index is 0.419. The number of methoxy groups -OCH3 is 1. The molecule has 0 unspecified atom stereocenters. The number of benzene rings is 2. The van der Waals surface area contributed by atoms with Gasteiger partial charge in [0.05, 0.1) is 18.4 Å². The lowest BCUT2D eigenvalue weighted by atomic mass is 10.2. The molecule has 2 aromatic heterocycles. The number of rotatable bonds is 6. The largest absolute Gasteiger partial charge is 0.496 e. The highest BCUT2D eigenvalue weighted by Crippen LogP contribution is 2.30. The Bertz CT molecular complexity index is 1110. The van der Waals surface area contributed by atoms with Crippen LogP contribution in [0.5, 0.6) is 5.75 Å². The summed E-state index contributed by atoms with van der Waals surface area (Å²) in [5.74, 6) is 8.72. The van der Waals surface area contributed by atoms with Gasteiger partial charge in [-0.3, -0.25) is 0 Å². The molecule has 0 amide bonds. The van der Waals surface area contributed by atoms with Gasteiger partial charge in [0.2, 0.25) is 16.9 Å². The van der Waals surface area contributed by atoms with E-state index in [0.29, 0.717) is 34.3 Å². The van der Waals surface area contributed by atoms with E-state index < -0.39 is 0 Å². The molecule has 0 saturated heterocycles. The average Bonchev–Trinajstić information content (AvgIpc) is 3.33. The number of hydrogen-bond donors (Lipinski definition) is 1. The second-order valence-corrected chi connectivity index (χ2v) is 7.53. The molecule has 0 aliphatic heterocycles. The quantitative estimate of drug-likeness (QED) is 0.343. The normalized spacial score (nSPS) is 10.9. The highest BCUT2D eigenvalue weighted by Gasteiger charge is 2.17. The van der Waals surface area contributed by atoms with Gasteiger partial charge in [0.1, 0.15) is 5.75 Å². The highest BCUT2D eigenvalue weighted by molar-refractivity contribution is 9.10. The van der Waals surface area contributed by atoms with Crippen LogP contribution in [0, 0.1) is 0 Å². The molecule has 4 aromatic rings. The minimum Gasteiger partial charge on any atom is -0.496 e. The Morgan fingerprint density at radius 1 is 1.11 bits per heavy atom. The van der Waals surface area contributed by atoms with Gasteiger partial charge in [-0.05, 0) is 30.3 Å². The molecular formula is C18H15BrN6O2S. The molecule has 2 N–H and O–H groups in total. The summed E-state index contributed by atoms with van der Waals surface area (Å²) in [5.41, 5.74) is 1.61. The van der Waals surface area contributed by atoms with Crippen molar-refractivity contribution in [2.24, 2.45) is 0 Å². The lowest BCUT2D eigenvalue weighted by Crippen LogP contribution is -2.12. The van der Waals surface area contributed by atoms with Crippen molar-refractivity contribution in [2.75, 3.05) is 13.0 Å². The summed E-state index contributed by atoms with van der Waals surface area (Å²) >= 11 is 4.79. The zero-order chi connectivity index (χ0) is 19.5. The first-order valence-electron chi connectivity index (χ1n) is 8.20. The monoisotopic (exact) mass is 458 g/mol. The van der Waals surface area contributed by atoms with Gasteiger partial charge in [-0.1, -0.05) is 45.9 Å². The van der Waals surface area contributed by atoms with Gasteiger partial charge in [0.25, 0.3) is 0 Å². The van der Waals surface area contributed by atoms with Crippen molar-refractivity contribution >= 4 is 27.7 Å². The van der Waals surface area contributed by atoms with Crippen molar-refractivity contribution in [2.45, 2.75) is 10.9 Å². The average molecular weight is 459 g/mol. The summed E-state index contributed by atoms with van der Waals surface area (Å²) < 4.78 is 13.5. The van der Waals surface area contributed by atoms with Crippen molar-refractivity contribution in [3.63, 3.8) is 0 Å². The molecule has 0 spiro atoms. The molecule has 2 heterocycles. The smallest absolute Gasteiger partial charge is 0.247 e. The third kappa shape index (κ3) is 3.73. The maximum Gasteiger partial charge on any atom is 0.247 e. The maximum atomic E-state index is 6.18. The Hall–Kier alpha value is -2.85. The number of para-hydroxylation sites is 1. The van der Waals surface area contributed by atoms with E-state index in [1.165, 1.54) is 16.4 Å². The first-order chi connectivity index (χ1) is 13.7. The molecule has 28 heavy (non-hydrogen) atoms. The van der Waals surface area contributed by atoms with E-state index in [1.54, 1.807) is 7.11 Å². The van der Waals surface area contributed by atoms with Crippen LogP contribution in [0.2, 0.25) is 0 Å². The van der Waals surface area contributed by atoms with Gasteiger partial charge < -0.3 is 15.0 Å². The first-order valence-corrected chi connectivity index (χ1v) is 9.98. The Labute approximate surface area is 173 Å². The van der Waals surface area contributed by atoms with Crippen molar-refractivity contribution in [1.82, 2.24) is 25.1 Å². The number of hydrogen-bond acceptors (Lipinski definition) is 8. The third-order valence-corrected chi connectivity index (χ3v) is 5.30. The Morgan fingerprint density at radius 3 is 2.79 bits per heavy atom. The Morgan fingerprint density at radius 2 is 1.96 bits per heavy atom. The van der Waals surface area contributed by atoms with Gasteiger partial charge >= 0.3 is 0 Å². The van der Waals surface area contributed by atoms with E-state index in [0.717, 1.165) is 15.6 Å². The van der Waals surface area contributed by atoms with Gasteiger partial charge in [-0.15, -0.1) is 20.4 Å². The van der Waals surface area contributed by atoms with Crippen LogP contribution in [-0.4, -0.2) is 32.2 Å². The van der Waals surface area contributed by atoms with Gasteiger partial charge in [0, 0.05) is 10.0 Å². The molecule has 0 aliphatic rings. The number of nitrogen functional groups attached to an aromatic ring is 1. The van der Waals surface area contributed by atoms with Gasteiger partial charge in [-0.25, -0.2) is 4.68 Å². The lowest BCUT2D eigenvalue weighted by molar-refractivity contribution is 0.416. The number of nitrogens with zero attached hydrogens (tertiary/aromatic N) is 5. The summed E-state index contributed by atoms with van der Waals surface area (Å²) in [7, 11) is 1.60. The molecule has 8 nitrogen and oxygen atoms in total. The molecule has 2 aromatic carbocycles. The molecular weight excluding hydrogens is 444 g/mol. The van der Waals surface area contributed by atoms with E-state index in [-0.39, 0.29) is 0 Å². The zero-order valence-corrected chi connectivity index (χ0v) is 17.1. The fraction of sp³-hybridized carbons (Fsp3) is 0.111. The standard InChI is InChI=1S/C18H15BrN6O2S/c1-26-14-8-3-2-7-13(14)16-22-24-18(25(16)20)28-10-15-21-23-17(27-15)11-5-4-6-12(19)9-11/h2-9H,10,20H2,1H3. The second-order valence-electron chi connectivity index (χ2n) is 5.68. The molecule has 10 heteroatoms.